The molecule has 1 heterocycles. The van der Waals surface area contributed by atoms with Crippen molar-refractivity contribution in [3.8, 4) is 0 Å². The average molecular weight is 231 g/mol. The third kappa shape index (κ3) is 1.16. The first kappa shape index (κ1) is 9.72. The third-order valence-electron chi connectivity index (χ3n) is 3.68. The molecule has 0 spiro atoms. The molecule has 0 bridgehead atoms. The number of hydrogen-bond acceptors (Lipinski definition) is 0. The van der Waals surface area contributed by atoms with Gasteiger partial charge in [-0.05, 0) is 21.5 Å². The van der Waals surface area contributed by atoms with Crippen molar-refractivity contribution in [2.24, 2.45) is 7.05 Å². The van der Waals surface area contributed by atoms with Crippen molar-refractivity contribution in [2.75, 3.05) is 0 Å². The van der Waals surface area contributed by atoms with E-state index in [2.05, 4.69) is 72.5 Å². The van der Waals surface area contributed by atoms with Crippen molar-refractivity contribution in [2.45, 2.75) is 0 Å². The summed E-state index contributed by atoms with van der Waals surface area (Å²) >= 11 is 0. The van der Waals surface area contributed by atoms with Gasteiger partial charge in [-0.2, -0.15) is 0 Å². The van der Waals surface area contributed by atoms with Crippen LogP contribution in [0.1, 0.15) is 0 Å². The molecule has 0 saturated heterocycles. The molecule has 0 saturated carbocycles. The minimum atomic E-state index is 1.34. The van der Waals surface area contributed by atoms with Gasteiger partial charge in [0.1, 0.15) is 0 Å². The van der Waals surface area contributed by atoms with Crippen molar-refractivity contribution in [3.63, 3.8) is 0 Å². The third-order valence-corrected chi connectivity index (χ3v) is 3.68. The fraction of sp³-hybridized carbons (Fsp3) is 0.0588. The molecule has 3 aromatic carbocycles. The predicted molar refractivity (Wildman–Crippen MR) is 77.9 cm³/mol. The Morgan fingerprint density at radius 3 is 1.28 bits per heavy atom. The van der Waals surface area contributed by atoms with E-state index in [0.717, 1.165) is 0 Å². The molecule has 0 aliphatic carbocycles. The van der Waals surface area contributed by atoms with Gasteiger partial charge in [-0.1, -0.05) is 48.5 Å². The molecule has 0 radical (unpaired) electrons. The Hall–Kier alpha value is -2.28. The molecular formula is C17H13N. The van der Waals surface area contributed by atoms with E-state index in [0.29, 0.717) is 0 Å². The van der Waals surface area contributed by atoms with Crippen LogP contribution < -0.4 is 0 Å². The topological polar surface area (TPSA) is 4.93 Å². The smallest absolute Gasteiger partial charge is 0.0117 e. The maximum atomic E-state index is 2.21. The number of rotatable bonds is 0. The lowest BCUT2D eigenvalue weighted by Crippen LogP contribution is -1.78. The number of nitrogens with zero attached hydrogens (tertiary/aromatic N) is 1. The molecule has 0 aliphatic rings. The van der Waals surface area contributed by atoms with Gasteiger partial charge in [0.25, 0.3) is 0 Å². The second-order valence-electron chi connectivity index (χ2n) is 4.84. The van der Waals surface area contributed by atoms with Crippen LogP contribution in [0, 0.1) is 0 Å². The van der Waals surface area contributed by atoms with Crippen molar-refractivity contribution >= 4 is 32.3 Å². The monoisotopic (exact) mass is 231 g/mol. The Kier molecular flexibility index (Phi) is 1.81. The van der Waals surface area contributed by atoms with Crippen LogP contribution in [0.3, 0.4) is 0 Å². The van der Waals surface area contributed by atoms with E-state index in [1.807, 2.05) is 0 Å². The van der Waals surface area contributed by atoms with E-state index in [1.54, 1.807) is 0 Å². The highest BCUT2D eigenvalue weighted by Gasteiger charge is 2.08. The largest absolute Gasteiger partial charge is 0.356 e. The number of hydrogen-bond donors (Lipinski definition) is 0. The van der Waals surface area contributed by atoms with Crippen LogP contribution in [0.5, 0.6) is 0 Å². The summed E-state index contributed by atoms with van der Waals surface area (Å²) in [4.78, 5) is 0. The summed E-state index contributed by atoms with van der Waals surface area (Å²) < 4.78 is 2.14. The molecule has 0 fully saturated rings. The summed E-state index contributed by atoms with van der Waals surface area (Å²) in [5.74, 6) is 0. The zero-order valence-corrected chi connectivity index (χ0v) is 10.2. The Morgan fingerprint density at radius 1 is 0.556 bits per heavy atom. The van der Waals surface area contributed by atoms with Crippen LogP contribution in [0.25, 0.3) is 32.3 Å². The molecule has 0 atom stereocenters. The average Bonchev–Trinajstić information content (AvgIpc) is 2.81. The highest BCUT2D eigenvalue weighted by molar-refractivity contribution is 6.25. The molecule has 18 heavy (non-hydrogen) atoms. The van der Waals surface area contributed by atoms with Gasteiger partial charge in [0.05, 0.1) is 0 Å². The fourth-order valence-corrected chi connectivity index (χ4v) is 2.92. The lowest BCUT2D eigenvalue weighted by molar-refractivity contribution is 0.934. The first-order chi connectivity index (χ1) is 8.84. The normalized spacial score (nSPS) is 11.6. The van der Waals surface area contributed by atoms with E-state index in [4.69, 9.17) is 0 Å². The predicted octanol–water partition coefficient (Wildman–Crippen LogP) is 4.48. The molecule has 1 aromatic heterocycles. The molecule has 0 aliphatic heterocycles. The van der Waals surface area contributed by atoms with Crippen LogP contribution >= 0.6 is 0 Å². The van der Waals surface area contributed by atoms with E-state index in [1.165, 1.54) is 32.3 Å². The molecule has 1 nitrogen and oxygen atoms in total. The lowest BCUT2D eigenvalue weighted by Gasteiger charge is -2.06. The van der Waals surface area contributed by atoms with Gasteiger partial charge in [-0.3, -0.25) is 0 Å². The molecule has 0 unspecified atom stereocenters. The summed E-state index contributed by atoms with van der Waals surface area (Å²) in [6.45, 7) is 0. The maximum Gasteiger partial charge on any atom is 0.0117 e. The molecule has 0 N–H and O–H groups in total. The zero-order valence-electron chi connectivity index (χ0n) is 10.2. The molecule has 1 heteroatoms. The number of benzene rings is 3. The molecule has 4 aromatic rings. The molecule has 4 rings (SSSR count). The lowest BCUT2D eigenvalue weighted by atomic mass is 9.97. The van der Waals surface area contributed by atoms with E-state index >= 15 is 0 Å². The maximum absolute atomic E-state index is 2.21. The first-order valence-electron chi connectivity index (χ1n) is 6.20. The molecule has 86 valence electrons. The first-order valence-corrected chi connectivity index (χ1v) is 6.20. The summed E-state index contributed by atoms with van der Waals surface area (Å²) in [6, 6.07) is 17.3. The van der Waals surface area contributed by atoms with Crippen LogP contribution in [-0.2, 0) is 7.05 Å². The van der Waals surface area contributed by atoms with Crippen LogP contribution in [0.4, 0.5) is 0 Å². The Labute approximate surface area is 105 Å². The van der Waals surface area contributed by atoms with Crippen LogP contribution in [0.2, 0.25) is 0 Å². The minimum Gasteiger partial charge on any atom is -0.356 e. The zero-order chi connectivity index (χ0) is 12.1. The van der Waals surface area contributed by atoms with Gasteiger partial charge in [-0.15, -0.1) is 0 Å². The number of aromatic nitrogens is 1. The van der Waals surface area contributed by atoms with Gasteiger partial charge in [0, 0.05) is 30.2 Å². The van der Waals surface area contributed by atoms with Gasteiger partial charge in [0.2, 0.25) is 0 Å². The fourth-order valence-electron chi connectivity index (χ4n) is 2.92. The summed E-state index contributed by atoms with van der Waals surface area (Å²) in [6.07, 6.45) is 4.42. The number of fused-ring (bicyclic) bond motifs is 6. The van der Waals surface area contributed by atoms with Crippen LogP contribution in [-0.4, -0.2) is 4.57 Å². The number of aryl methyl sites for hydroxylation is 1. The van der Waals surface area contributed by atoms with Crippen molar-refractivity contribution in [1.82, 2.24) is 4.57 Å². The summed E-state index contributed by atoms with van der Waals surface area (Å²) in [7, 11) is 2.09. The molecule has 0 amide bonds. The van der Waals surface area contributed by atoms with E-state index in [9.17, 15) is 0 Å². The van der Waals surface area contributed by atoms with E-state index < -0.39 is 0 Å². The van der Waals surface area contributed by atoms with Gasteiger partial charge in [-0.25, -0.2) is 0 Å². The van der Waals surface area contributed by atoms with Gasteiger partial charge >= 0.3 is 0 Å². The summed E-state index contributed by atoms with van der Waals surface area (Å²) in [5.41, 5.74) is 0. The molecular weight excluding hydrogens is 218 g/mol. The van der Waals surface area contributed by atoms with Gasteiger partial charge < -0.3 is 4.57 Å². The Morgan fingerprint density at radius 2 is 0.889 bits per heavy atom. The van der Waals surface area contributed by atoms with Crippen molar-refractivity contribution in [1.29, 1.82) is 0 Å². The quantitative estimate of drug-likeness (QED) is 0.393. The van der Waals surface area contributed by atoms with Gasteiger partial charge in [0.15, 0.2) is 0 Å². The summed E-state index contributed by atoms with van der Waals surface area (Å²) in [5, 5.41) is 8.04. The SMILES string of the molecule is Cn1cc2c3ccccc3c3ccccc3c2c1. The van der Waals surface area contributed by atoms with E-state index in [-0.39, 0.29) is 0 Å². The minimum absolute atomic E-state index is 1.34. The second kappa shape index (κ2) is 3.36. The standard InChI is InChI=1S/C17H13N/c1-18-10-16-14-8-4-2-6-12(14)13-7-3-5-9-15(13)17(16)11-18/h2-11H,1H3. The Bertz CT molecular complexity index is 811. The Balaban J connectivity index is 2.45. The second-order valence-corrected chi connectivity index (χ2v) is 4.84. The highest BCUT2D eigenvalue weighted by Crippen LogP contribution is 2.34. The van der Waals surface area contributed by atoms with Crippen molar-refractivity contribution < 1.29 is 0 Å². The highest BCUT2D eigenvalue weighted by atomic mass is 14.9. The van der Waals surface area contributed by atoms with Crippen LogP contribution in [0.15, 0.2) is 60.9 Å². The van der Waals surface area contributed by atoms with Crippen molar-refractivity contribution in [3.05, 3.63) is 60.9 Å².